The minimum atomic E-state index is -3.95. The van der Waals surface area contributed by atoms with Gasteiger partial charge in [-0.1, -0.05) is 36.7 Å². The number of benzene rings is 2. The molecule has 51 heavy (non-hydrogen) atoms. The van der Waals surface area contributed by atoms with E-state index in [1.54, 1.807) is 20.1 Å². The number of nitrogens with one attached hydrogen (secondary N) is 1. The van der Waals surface area contributed by atoms with E-state index in [1.807, 2.05) is 32.2 Å². The molecule has 0 aromatic heterocycles. The van der Waals surface area contributed by atoms with Crippen LogP contribution in [0.2, 0.25) is 5.02 Å². The van der Waals surface area contributed by atoms with Crippen molar-refractivity contribution in [2.75, 3.05) is 58.5 Å². The number of amides is 1. The third-order valence-corrected chi connectivity index (χ3v) is 15.1. The molecule has 1 saturated heterocycles. The van der Waals surface area contributed by atoms with E-state index in [1.165, 1.54) is 11.1 Å². The molecule has 1 spiro atoms. The zero-order chi connectivity index (χ0) is 36.0. The fourth-order valence-corrected chi connectivity index (χ4v) is 10.9. The van der Waals surface area contributed by atoms with Crippen molar-refractivity contribution < 1.29 is 27.4 Å². The average molecular weight is 740 g/mol. The van der Waals surface area contributed by atoms with Crippen LogP contribution < -0.4 is 14.4 Å². The lowest BCUT2D eigenvalue weighted by atomic mass is 9.63. The number of piperidine rings is 1. The molecule has 11 heteroatoms. The summed E-state index contributed by atoms with van der Waals surface area (Å²) in [5.74, 6) is 0.475. The molecule has 5 aliphatic rings. The minimum Gasteiger partial charge on any atom is -0.490 e. The molecule has 6 atom stereocenters. The fourth-order valence-electron chi connectivity index (χ4n) is 9.46. The number of likely N-dealkylation sites (tertiary alicyclic amines) is 1. The number of sulfonamides is 1. The molecule has 1 N–H and O–H groups in total. The van der Waals surface area contributed by atoms with Gasteiger partial charge in [-0.2, -0.15) is 0 Å². The Morgan fingerprint density at radius 3 is 2.59 bits per heavy atom. The Hall–Kier alpha value is -2.63. The molecular weight excluding hydrogens is 686 g/mol. The van der Waals surface area contributed by atoms with Crippen molar-refractivity contribution in [2.45, 2.75) is 87.6 Å². The molecule has 2 fully saturated rings. The first kappa shape index (κ1) is 36.7. The number of hydrogen-bond acceptors (Lipinski definition) is 8. The molecule has 1 amide bonds. The molecular formula is C40H54ClN3O6S. The van der Waals surface area contributed by atoms with Gasteiger partial charge in [-0.3, -0.25) is 9.69 Å². The van der Waals surface area contributed by atoms with Crippen molar-refractivity contribution in [2.24, 2.45) is 17.8 Å². The molecule has 2 bridgehead atoms. The largest absolute Gasteiger partial charge is 0.490 e. The third-order valence-electron chi connectivity index (χ3n) is 13.0. The van der Waals surface area contributed by atoms with Crippen LogP contribution in [-0.4, -0.2) is 89.7 Å². The lowest BCUT2D eigenvalue weighted by Crippen LogP contribution is -2.57. The summed E-state index contributed by atoms with van der Waals surface area (Å²) in [6.45, 7) is 8.29. The van der Waals surface area contributed by atoms with E-state index in [0.717, 1.165) is 88.4 Å². The first-order valence-electron chi connectivity index (χ1n) is 18.8. The van der Waals surface area contributed by atoms with Crippen molar-refractivity contribution in [1.29, 1.82) is 0 Å². The number of hydrogen-bond donors (Lipinski definition) is 1. The number of nitrogens with zero attached hydrogens (tertiary/aromatic N) is 2. The quantitative estimate of drug-likeness (QED) is 0.361. The second-order valence-corrected chi connectivity index (χ2v) is 18.4. The summed E-state index contributed by atoms with van der Waals surface area (Å²) < 4.78 is 48.5. The van der Waals surface area contributed by atoms with Crippen LogP contribution in [-0.2, 0) is 31.3 Å². The highest BCUT2D eigenvalue weighted by atomic mass is 35.5. The van der Waals surface area contributed by atoms with Gasteiger partial charge in [0.1, 0.15) is 11.4 Å². The van der Waals surface area contributed by atoms with Gasteiger partial charge in [0.15, 0.2) is 0 Å². The maximum atomic E-state index is 13.6. The van der Waals surface area contributed by atoms with Gasteiger partial charge in [-0.15, -0.1) is 0 Å². The van der Waals surface area contributed by atoms with E-state index in [4.69, 9.17) is 25.8 Å². The first-order valence-corrected chi connectivity index (χ1v) is 20.7. The van der Waals surface area contributed by atoms with Gasteiger partial charge in [0.2, 0.25) is 10.0 Å². The second-order valence-electron chi connectivity index (χ2n) is 15.9. The summed E-state index contributed by atoms with van der Waals surface area (Å²) in [5.41, 5.74) is 2.89. The summed E-state index contributed by atoms with van der Waals surface area (Å²) in [6, 6.07) is 11.6. The monoisotopic (exact) mass is 739 g/mol. The normalized spacial score (nSPS) is 33.6. The first-order chi connectivity index (χ1) is 24.5. The number of allylic oxidation sites excluding steroid dienone is 1. The number of carbonyl (C=O) groups excluding carboxylic acids is 1. The zero-order valence-corrected chi connectivity index (χ0v) is 32.1. The van der Waals surface area contributed by atoms with Gasteiger partial charge in [0.05, 0.1) is 23.6 Å². The van der Waals surface area contributed by atoms with Crippen LogP contribution in [0.25, 0.3) is 0 Å². The van der Waals surface area contributed by atoms with Crippen molar-refractivity contribution in [3.05, 3.63) is 70.3 Å². The molecule has 2 aromatic rings. The number of rotatable bonds is 4. The summed E-state index contributed by atoms with van der Waals surface area (Å²) in [6.07, 6.45) is 12.3. The van der Waals surface area contributed by atoms with E-state index < -0.39 is 26.8 Å². The Kier molecular flexibility index (Phi) is 10.5. The van der Waals surface area contributed by atoms with Crippen LogP contribution in [0.15, 0.2) is 48.6 Å². The average Bonchev–Trinajstić information content (AvgIpc) is 3.25. The van der Waals surface area contributed by atoms with Gasteiger partial charge in [0.25, 0.3) is 5.91 Å². The lowest BCUT2D eigenvalue weighted by molar-refractivity contribution is -0.0974. The SMILES string of the molecule is COC1CCN(C[C@]2(OC)/C=C\C[C@H](C)[C@@H](C)S(=O)(=O)NC(=O)c3ccc4c(c3)N(C[C@@H]3CC[C@H]32)C[C@@]2(CCCc3cc(Cl)ccc32)CO4)CC1. The van der Waals surface area contributed by atoms with E-state index >= 15 is 0 Å². The van der Waals surface area contributed by atoms with Crippen LogP contribution in [0.4, 0.5) is 5.69 Å². The molecule has 0 unspecified atom stereocenters. The smallest absolute Gasteiger partial charge is 0.264 e. The molecule has 1 saturated carbocycles. The van der Waals surface area contributed by atoms with Crippen LogP contribution in [0.1, 0.15) is 80.3 Å². The fraction of sp³-hybridized carbons (Fsp3) is 0.625. The van der Waals surface area contributed by atoms with Gasteiger partial charge >= 0.3 is 0 Å². The molecule has 2 aliphatic carbocycles. The molecule has 9 nitrogen and oxygen atoms in total. The van der Waals surface area contributed by atoms with E-state index in [9.17, 15) is 13.2 Å². The predicted molar refractivity (Wildman–Crippen MR) is 201 cm³/mol. The van der Waals surface area contributed by atoms with Crippen LogP contribution >= 0.6 is 11.6 Å². The number of carbonyl (C=O) groups is 1. The van der Waals surface area contributed by atoms with Crippen LogP contribution in [0, 0.1) is 17.8 Å². The summed E-state index contributed by atoms with van der Waals surface area (Å²) in [4.78, 5) is 18.6. The highest BCUT2D eigenvalue weighted by Gasteiger charge is 2.50. The van der Waals surface area contributed by atoms with E-state index in [0.29, 0.717) is 30.3 Å². The second kappa shape index (κ2) is 14.7. The maximum absolute atomic E-state index is 13.6. The Balaban J connectivity index is 1.30. The van der Waals surface area contributed by atoms with Gasteiger partial charge < -0.3 is 19.1 Å². The number of halogens is 1. The molecule has 3 aliphatic heterocycles. The predicted octanol–water partition coefficient (Wildman–Crippen LogP) is 6.38. The van der Waals surface area contributed by atoms with Gasteiger partial charge in [-0.25, -0.2) is 13.1 Å². The third kappa shape index (κ3) is 7.20. The number of ether oxygens (including phenoxy) is 3. The lowest BCUT2D eigenvalue weighted by Gasteiger charge is -2.52. The number of fused-ring (bicyclic) bond motifs is 4. The van der Waals surface area contributed by atoms with E-state index in [-0.39, 0.29) is 23.4 Å². The van der Waals surface area contributed by atoms with Crippen molar-refractivity contribution >= 4 is 33.2 Å². The van der Waals surface area contributed by atoms with Crippen LogP contribution in [0.3, 0.4) is 0 Å². The zero-order valence-electron chi connectivity index (χ0n) is 30.5. The number of methoxy groups -OCH3 is 2. The summed E-state index contributed by atoms with van der Waals surface area (Å²) in [7, 11) is -0.311. The van der Waals surface area contributed by atoms with Gasteiger partial charge in [-0.05, 0) is 118 Å². The molecule has 2 aromatic carbocycles. The Morgan fingerprint density at radius 1 is 1.06 bits per heavy atom. The number of anilines is 1. The maximum Gasteiger partial charge on any atom is 0.264 e. The topological polar surface area (TPSA) is 97.4 Å². The summed E-state index contributed by atoms with van der Waals surface area (Å²) in [5, 5.41) is -0.0310. The molecule has 0 radical (unpaired) electrons. The standard InChI is InChI=1S/C40H54ClN3O6S/c1-27-7-5-18-40(49-4,25-43-19-15-33(48-3)16-20-43)35-12-9-31(35)23-44-24-39(17-6-8-29-21-32(41)11-13-34(29)39)26-50-37-14-10-30(22-36(37)44)38(45)42-51(46,47)28(27)2/h5,10-11,13-14,18,21-22,27-28,31,33,35H,6-9,12,15-17,19-20,23-26H2,1-4H3,(H,42,45)/b18-5-/t27-,28+,31-,35+,39-,40+/m0/s1. The minimum absolute atomic E-state index is 0.218. The molecule has 3 heterocycles. The molecule has 278 valence electrons. The molecule has 7 rings (SSSR count). The highest BCUT2D eigenvalue weighted by Crippen LogP contribution is 2.49. The van der Waals surface area contributed by atoms with E-state index in [2.05, 4.69) is 38.8 Å². The highest BCUT2D eigenvalue weighted by molar-refractivity contribution is 7.90. The van der Waals surface area contributed by atoms with Crippen molar-refractivity contribution in [3.8, 4) is 5.75 Å². The van der Waals surface area contributed by atoms with Crippen LogP contribution in [0.5, 0.6) is 5.75 Å². The van der Waals surface area contributed by atoms with Crippen molar-refractivity contribution in [1.82, 2.24) is 9.62 Å². The number of aryl methyl sites for hydroxylation is 1. The Labute approximate surface area is 309 Å². The van der Waals surface area contributed by atoms with Crippen molar-refractivity contribution in [3.63, 3.8) is 0 Å². The summed E-state index contributed by atoms with van der Waals surface area (Å²) >= 11 is 6.49. The Morgan fingerprint density at radius 2 is 1.86 bits per heavy atom. The van der Waals surface area contributed by atoms with Gasteiger partial charge in [0, 0.05) is 62.9 Å². The Bertz CT molecular complexity index is 1750.